The predicted octanol–water partition coefficient (Wildman–Crippen LogP) is 2.19. The lowest BCUT2D eigenvalue weighted by atomic mass is 9.91. The third-order valence-corrected chi connectivity index (χ3v) is 3.40. The number of nitrogens with zero attached hydrogens (tertiary/aromatic N) is 1. The van der Waals surface area contributed by atoms with Gasteiger partial charge in [0, 0.05) is 18.6 Å². The lowest BCUT2D eigenvalue weighted by Crippen LogP contribution is -2.46. The summed E-state index contributed by atoms with van der Waals surface area (Å²) in [5, 5.41) is 2.80. The van der Waals surface area contributed by atoms with Gasteiger partial charge in [0.15, 0.2) is 0 Å². The number of likely N-dealkylation sites (N-methyl/N-ethyl adjacent to an activating group) is 1. The van der Waals surface area contributed by atoms with E-state index in [1.807, 2.05) is 0 Å². The molecule has 0 saturated carbocycles. The van der Waals surface area contributed by atoms with Crippen LogP contribution in [0.1, 0.15) is 40.0 Å². The van der Waals surface area contributed by atoms with Crippen LogP contribution in [0.15, 0.2) is 12.7 Å². The van der Waals surface area contributed by atoms with E-state index in [-0.39, 0.29) is 11.4 Å². The molecule has 0 aliphatic heterocycles. The van der Waals surface area contributed by atoms with Crippen molar-refractivity contribution in [3.05, 3.63) is 12.7 Å². The average molecular weight is 226 g/mol. The number of rotatable bonds is 8. The Morgan fingerprint density at radius 3 is 2.56 bits per heavy atom. The molecule has 0 radical (unpaired) electrons. The van der Waals surface area contributed by atoms with Gasteiger partial charge < -0.3 is 5.32 Å². The maximum Gasteiger partial charge on any atom is 0.243 e. The van der Waals surface area contributed by atoms with Crippen molar-refractivity contribution in [3.63, 3.8) is 0 Å². The van der Waals surface area contributed by atoms with Crippen molar-refractivity contribution in [2.24, 2.45) is 0 Å². The normalized spacial score (nSPS) is 14.6. The monoisotopic (exact) mass is 226 g/mol. The van der Waals surface area contributed by atoms with Crippen molar-refractivity contribution in [3.8, 4) is 0 Å². The largest absolute Gasteiger partial charge is 0.351 e. The van der Waals surface area contributed by atoms with Crippen LogP contribution in [0.2, 0.25) is 0 Å². The lowest BCUT2D eigenvalue weighted by molar-refractivity contribution is -0.116. The Labute approximate surface area is 99.9 Å². The summed E-state index contributed by atoms with van der Waals surface area (Å²) in [7, 11) is 2.12. The van der Waals surface area contributed by atoms with Crippen LogP contribution in [0, 0.1) is 0 Å². The first-order valence-electron chi connectivity index (χ1n) is 6.11. The van der Waals surface area contributed by atoms with Gasteiger partial charge in [-0.15, -0.1) is 0 Å². The third-order valence-electron chi connectivity index (χ3n) is 3.40. The highest BCUT2D eigenvalue weighted by Gasteiger charge is 2.25. The first-order chi connectivity index (χ1) is 7.50. The zero-order valence-corrected chi connectivity index (χ0v) is 11.2. The Bertz CT molecular complexity index is 228. The molecule has 0 bridgehead atoms. The number of amides is 1. The van der Waals surface area contributed by atoms with E-state index in [1.54, 1.807) is 0 Å². The second-order valence-corrected chi connectivity index (χ2v) is 4.52. The summed E-state index contributed by atoms with van der Waals surface area (Å²) in [5.74, 6) is -0.0953. The second kappa shape index (κ2) is 7.44. The molecular weight excluding hydrogens is 200 g/mol. The maximum absolute atomic E-state index is 11.0. The molecule has 1 N–H and O–H groups in total. The number of carbonyl (C=O) groups excluding carboxylic acids is 1. The summed E-state index contributed by atoms with van der Waals surface area (Å²) in [5.41, 5.74) is 0.244. The van der Waals surface area contributed by atoms with Crippen molar-refractivity contribution >= 4 is 5.91 Å². The van der Waals surface area contributed by atoms with Crippen LogP contribution in [-0.4, -0.2) is 36.5 Å². The van der Waals surface area contributed by atoms with E-state index in [4.69, 9.17) is 0 Å². The summed E-state index contributed by atoms with van der Waals surface area (Å²) in [6, 6.07) is 0. The van der Waals surface area contributed by atoms with Gasteiger partial charge in [-0.05, 0) is 32.9 Å². The molecule has 1 atom stereocenters. The lowest BCUT2D eigenvalue weighted by Gasteiger charge is -2.38. The van der Waals surface area contributed by atoms with Crippen molar-refractivity contribution in [1.82, 2.24) is 10.2 Å². The van der Waals surface area contributed by atoms with Crippen LogP contribution < -0.4 is 5.32 Å². The van der Waals surface area contributed by atoms with E-state index in [9.17, 15) is 4.79 Å². The summed E-state index contributed by atoms with van der Waals surface area (Å²) < 4.78 is 0. The Hall–Kier alpha value is -0.830. The molecule has 0 spiro atoms. The molecule has 16 heavy (non-hydrogen) atoms. The van der Waals surface area contributed by atoms with E-state index in [2.05, 4.69) is 44.6 Å². The van der Waals surface area contributed by atoms with Crippen molar-refractivity contribution in [1.29, 1.82) is 0 Å². The van der Waals surface area contributed by atoms with Crippen LogP contribution >= 0.6 is 0 Å². The minimum atomic E-state index is -0.0953. The number of carbonyl (C=O) groups is 1. The highest BCUT2D eigenvalue weighted by atomic mass is 16.1. The zero-order valence-electron chi connectivity index (χ0n) is 11.2. The van der Waals surface area contributed by atoms with Gasteiger partial charge in [-0.25, -0.2) is 0 Å². The van der Waals surface area contributed by atoms with Gasteiger partial charge in [0.1, 0.15) is 0 Å². The molecule has 0 saturated heterocycles. The molecule has 0 fully saturated rings. The molecule has 1 amide bonds. The van der Waals surface area contributed by atoms with Gasteiger partial charge in [0.05, 0.1) is 0 Å². The second-order valence-electron chi connectivity index (χ2n) is 4.52. The highest BCUT2D eigenvalue weighted by Crippen LogP contribution is 2.22. The number of hydrogen-bond donors (Lipinski definition) is 1. The topological polar surface area (TPSA) is 32.3 Å². The quantitative estimate of drug-likeness (QED) is 0.643. The smallest absolute Gasteiger partial charge is 0.243 e. The summed E-state index contributed by atoms with van der Waals surface area (Å²) in [6.07, 6.45) is 4.82. The van der Waals surface area contributed by atoms with Crippen molar-refractivity contribution in [2.75, 3.05) is 20.1 Å². The standard InChI is InChI=1S/C13H26N2O/c1-6-9-13(4,8-3)15(5)11-10-14-12(16)7-2/h7H,2,6,8-11H2,1,3-5H3,(H,14,16). The van der Waals surface area contributed by atoms with Crippen molar-refractivity contribution in [2.45, 2.75) is 45.6 Å². The minimum absolute atomic E-state index is 0.0953. The predicted molar refractivity (Wildman–Crippen MR) is 69.4 cm³/mol. The summed E-state index contributed by atoms with van der Waals surface area (Å²) in [4.78, 5) is 13.3. The minimum Gasteiger partial charge on any atom is -0.351 e. The maximum atomic E-state index is 11.0. The molecule has 1 unspecified atom stereocenters. The van der Waals surface area contributed by atoms with E-state index >= 15 is 0 Å². The first kappa shape index (κ1) is 15.2. The van der Waals surface area contributed by atoms with Gasteiger partial charge in [0.25, 0.3) is 0 Å². The van der Waals surface area contributed by atoms with E-state index in [0.29, 0.717) is 6.54 Å². The van der Waals surface area contributed by atoms with Gasteiger partial charge >= 0.3 is 0 Å². The fourth-order valence-electron chi connectivity index (χ4n) is 1.87. The van der Waals surface area contributed by atoms with Crippen LogP contribution in [0.3, 0.4) is 0 Å². The van der Waals surface area contributed by atoms with Crippen LogP contribution in [0.25, 0.3) is 0 Å². The Morgan fingerprint density at radius 1 is 1.50 bits per heavy atom. The van der Waals surface area contributed by atoms with Crippen LogP contribution in [0.5, 0.6) is 0 Å². The summed E-state index contributed by atoms with van der Waals surface area (Å²) in [6.45, 7) is 11.7. The Morgan fingerprint density at radius 2 is 2.12 bits per heavy atom. The molecule has 0 rings (SSSR count). The molecule has 3 nitrogen and oxygen atoms in total. The molecule has 0 aromatic heterocycles. The van der Waals surface area contributed by atoms with E-state index in [1.165, 1.54) is 18.9 Å². The molecular formula is C13H26N2O. The third kappa shape index (κ3) is 4.79. The molecule has 94 valence electrons. The fraction of sp³-hybridized carbons (Fsp3) is 0.769. The molecule has 3 heteroatoms. The van der Waals surface area contributed by atoms with Gasteiger partial charge in [-0.1, -0.05) is 26.8 Å². The van der Waals surface area contributed by atoms with Crippen LogP contribution in [-0.2, 0) is 4.79 Å². The summed E-state index contributed by atoms with van der Waals surface area (Å²) >= 11 is 0. The van der Waals surface area contributed by atoms with Crippen molar-refractivity contribution < 1.29 is 4.79 Å². The number of hydrogen-bond acceptors (Lipinski definition) is 2. The SMILES string of the molecule is C=CC(=O)NCCN(C)C(C)(CC)CCC. The van der Waals surface area contributed by atoms with E-state index in [0.717, 1.165) is 13.0 Å². The Kier molecular flexibility index (Phi) is 7.06. The fourth-order valence-corrected chi connectivity index (χ4v) is 1.87. The first-order valence-corrected chi connectivity index (χ1v) is 6.11. The molecule has 0 heterocycles. The van der Waals surface area contributed by atoms with Gasteiger partial charge in [-0.3, -0.25) is 9.69 Å². The molecule has 0 aliphatic carbocycles. The van der Waals surface area contributed by atoms with Gasteiger partial charge in [-0.2, -0.15) is 0 Å². The van der Waals surface area contributed by atoms with Crippen LogP contribution in [0.4, 0.5) is 0 Å². The molecule has 0 aromatic carbocycles. The number of nitrogens with one attached hydrogen (secondary N) is 1. The Balaban J connectivity index is 4.06. The zero-order chi connectivity index (χ0) is 12.6. The average Bonchev–Trinajstić information content (AvgIpc) is 2.28. The molecule has 0 aromatic rings. The molecule has 0 aliphatic rings. The highest BCUT2D eigenvalue weighted by molar-refractivity contribution is 5.86. The van der Waals surface area contributed by atoms with E-state index < -0.39 is 0 Å². The van der Waals surface area contributed by atoms with Gasteiger partial charge in [0.2, 0.25) is 5.91 Å².